The van der Waals surface area contributed by atoms with Crippen molar-refractivity contribution in [2.45, 2.75) is 19.4 Å². The Balaban J connectivity index is 2.84. The Hall–Kier alpha value is -2.57. The summed E-state index contributed by atoms with van der Waals surface area (Å²) in [5, 5.41) is 13.6. The zero-order chi connectivity index (χ0) is 15.0. The van der Waals surface area contributed by atoms with E-state index < -0.39 is 17.9 Å². The molecule has 0 saturated carbocycles. The Kier molecular flexibility index (Phi) is 6.02. The second kappa shape index (κ2) is 7.78. The molecule has 1 atom stereocenters. The van der Waals surface area contributed by atoms with E-state index >= 15 is 0 Å². The van der Waals surface area contributed by atoms with Crippen LogP contribution in [-0.2, 0) is 14.3 Å². The number of esters is 1. The molecule has 7 nitrogen and oxygen atoms in total. The number of nitrogens with one attached hydrogen (secondary N) is 1. The fraction of sp³-hybridized carbons (Fsp3) is 0.308. The van der Waals surface area contributed by atoms with Gasteiger partial charge in [-0.3, -0.25) is 4.79 Å². The number of oxime groups is 1. The van der Waals surface area contributed by atoms with Crippen LogP contribution in [-0.4, -0.2) is 29.5 Å². The van der Waals surface area contributed by atoms with Crippen molar-refractivity contribution in [3.05, 3.63) is 35.9 Å². The number of nitrogens with zero attached hydrogens (tertiary/aromatic N) is 1. The van der Waals surface area contributed by atoms with Crippen molar-refractivity contribution in [2.24, 2.45) is 10.9 Å². The van der Waals surface area contributed by atoms with Gasteiger partial charge in [-0.1, -0.05) is 35.5 Å². The van der Waals surface area contributed by atoms with Gasteiger partial charge in [0.15, 0.2) is 6.04 Å². The van der Waals surface area contributed by atoms with E-state index in [1.54, 1.807) is 37.3 Å². The summed E-state index contributed by atoms with van der Waals surface area (Å²) in [6.07, 6.45) is -0.306. The van der Waals surface area contributed by atoms with E-state index in [1.165, 1.54) is 0 Å². The monoisotopic (exact) mass is 279 g/mol. The molecule has 0 aliphatic rings. The highest BCUT2D eigenvalue weighted by atomic mass is 16.5. The summed E-state index contributed by atoms with van der Waals surface area (Å²) in [6.45, 7) is 1.89. The van der Waals surface area contributed by atoms with Gasteiger partial charge in [-0.2, -0.15) is 0 Å². The lowest BCUT2D eigenvalue weighted by atomic mass is 10.1. The zero-order valence-corrected chi connectivity index (χ0v) is 11.1. The first-order valence-electron chi connectivity index (χ1n) is 6.05. The van der Waals surface area contributed by atoms with Gasteiger partial charge < -0.3 is 21.0 Å². The molecule has 0 aliphatic heterocycles. The van der Waals surface area contributed by atoms with Crippen molar-refractivity contribution in [3.63, 3.8) is 0 Å². The van der Waals surface area contributed by atoms with Gasteiger partial charge in [0, 0.05) is 0 Å². The molecule has 1 amide bonds. The molecule has 0 spiro atoms. The molecule has 4 N–H and O–H groups in total. The number of rotatable bonds is 6. The van der Waals surface area contributed by atoms with Gasteiger partial charge in [-0.05, 0) is 12.5 Å². The van der Waals surface area contributed by atoms with Crippen molar-refractivity contribution < 1.29 is 19.5 Å². The Morgan fingerprint density at radius 3 is 2.60 bits per heavy atom. The molecule has 0 radical (unpaired) electrons. The van der Waals surface area contributed by atoms with Gasteiger partial charge >= 0.3 is 5.97 Å². The quantitative estimate of drug-likeness (QED) is 0.231. The Morgan fingerprint density at radius 1 is 1.40 bits per heavy atom. The minimum absolute atomic E-state index is 0.207. The highest BCUT2D eigenvalue weighted by molar-refractivity contribution is 6.00. The third-order valence-corrected chi connectivity index (χ3v) is 2.43. The van der Waals surface area contributed by atoms with Crippen LogP contribution in [0.5, 0.6) is 0 Å². The maximum atomic E-state index is 11.9. The molecule has 0 heterocycles. The molecule has 1 aromatic rings. The lowest BCUT2D eigenvalue weighted by molar-refractivity contribution is -0.147. The maximum Gasteiger partial charge on any atom is 0.333 e. The highest BCUT2D eigenvalue weighted by Gasteiger charge is 2.24. The average molecular weight is 279 g/mol. The molecule has 1 aromatic carbocycles. The Morgan fingerprint density at radius 2 is 2.05 bits per heavy atom. The van der Waals surface area contributed by atoms with Gasteiger partial charge in [0.05, 0.1) is 13.0 Å². The topological polar surface area (TPSA) is 114 Å². The number of ether oxygens (including phenoxy) is 1. The van der Waals surface area contributed by atoms with E-state index in [-0.39, 0.29) is 18.9 Å². The summed E-state index contributed by atoms with van der Waals surface area (Å²) in [7, 11) is 0. The van der Waals surface area contributed by atoms with E-state index in [4.69, 9.17) is 15.7 Å². The van der Waals surface area contributed by atoms with Crippen molar-refractivity contribution in [3.8, 4) is 0 Å². The maximum absolute atomic E-state index is 11.9. The first kappa shape index (κ1) is 15.5. The largest absolute Gasteiger partial charge is 0.464 e. The number of hydrogen-bond acceptors (Lipinski definition) is 5. The number of amidine groups is 1. The second-order valence-corrected chi connectivity index (χ2v) is 3.93. The Labute approximate surface area is 116 Å². The number of nitrogens with two attached hydrogens (primary N) is 1. The van der Waals surface area contributed by atoms with Crippen LogP contribution in [0.4, 0.5) is 0 Å². The van der Waals surface area contributed by atoms with Gasteiger partial charge in [0.2, 0.25) is 5.91 Å². The highest BCUT2D eigenvalue weighted by Crippen LogP contribution is 2.14. The van der Waals surface area contributed by atoms with Crippen LogP contribution in [0, 0.1) is 0 Å². The van der Waals surface area contributed by atoms with Crippen LogP contribution >= 0.6 is 0 Å². The van der Waals surface area contributed by atoms with Gasteiger partial charge in [-0.25, -0.2) is 4.79 Å². The number of amides is 1. The van der Waals surface area contributed by atoms with Crippen molar-refractivity contribution in [2.75, 3.05) is 6.61 Å². The SMILES string of the molecule is CCOC(=O)[C@H](NC(=O)C/C(N)=N/O)c1ccccc1. The van der Waals surface area contributed by atoms with Gasteiger partial charge in [0.1, 0.15) is 5.84 Å². The van der Waals surface area contributed by atoms with Crippen molar-refractivity contribution >= 4 is 17.7 Å². The smallest absolute Gasteiger partial charge is 0.333 e. The molecule has 0 aliphatic carbocycles. The molecule has 1 rings (SSSR count). The van der Waals surface area contributed by atoms with Crippen LogP contribution in [0.1, 0.15) is 24.9 Å². The first-order chi connectivity index (χ1) is 9.58. The number of benzene rings is 1. The molecule has 0 aromatic heterocycles. The summed E-state index contributed by atoms with van der Waals surface area (Å²) in [4.78, 5) is 23.6. The van der Waals surface area contributed by atoms with Crippen LogP contribution in [0.2, 0.25) is 0 Å². The molecule has 7 heteroatoms. The van der Waals surface area contributed by atoms with E-state index in [1.807, 2.05) is 0 Å². The summed E-state index contributed by atoms with van der Waals surface area (Å²) in [5.74, 6) is -1.34. The molecule has 0 saturated heterocycles. The molecule has 20 heavy (non-hydrogen) atoms. The number of hydrogen-bond donors (Lipinski definition) is 3. The van der Waals surface area contributed by atoms with Crippen molar-refractivity contribution in [1.29, 1.82) is 0 Å². The Bertz CT molecular complexity index is 488. The third kappa shape index (κ3) is 4.60. The second-order valence-electron chi connectivity index (χ2n) is 3.93. The zero-order valence-electron chi connectivity index (χ0n) is 11.1. The molecule has 108 valence electrons. The molecule has 0 bridgehead atoms. The van der Waals surface area contributed by atoms with E-state index in [2.05, 4.69) is 10.5 Å². The van der Waals surface area contributed by atoms with Crippen LogP contribution in [0.15, 0.2) is 35.5 Å². The molecular formula is C13H17N3O4. The molecule has 0 fully saturated rings. The summed E-state index contributed by atoms with van der Waals surface area (Å²) < 4.78 is 4.93. The molecular weight excluding hydrogens is 262 g/mol. The van der Waals surface area contributed by atoms with Gasteiger partial charge in [-0.15, -0.1) is 0 Å². The first-order valence-corrected chi connectivity index (χ1v) is 6.05. The third-order valence-electron chi connectivity index (χ3n) is 2.43. The van der Waals surface area contributed by atoms with E-state index in [0.717, 1.165) is 0 Å². The normalized spacial score (nSPS) is 12.6. The average Bonchev–Trinajstić information content (AvgIpc) is 2.45. The number of carbonyl (C=O) groups excluding carboxylic acids is 2. The minimum atomic E-state index is -0.921. The van der Waals surface area contributed by atoms with Crippen molar-refractivity contribution in [1.82, 2.24) is 5.32 Å². The standard InChI is InChI=1S/C13H17N3O4/c1-2-20-13(18)12(9-6-4-3-5-7-9)15-11(17)8-10(14)16-19/h3-7,12,19H,2,8H2,1H3,(H2,14,16)(H,15,17)/t12-/m1/s1. The van der Waals surface area contributed by atoms with Crippen LogP contribution < -0.4 is 11.1 Å². The summed E-state index contributed by atoms with van der Waals surface area (Å²) in [5.41, 5.74) is 5.84. The predicted octanol–water partition coefficient (Wildman–Crippen LogP) is 0.544. The lowest BCUT2D eigenvalue weighted by Crippen LogP contribution is -2.36. The molecule has 0 unspecified atom stereocenters. The van der Waals surface area contributed by atoms with E-state index in [0.29, 0.717) is 5.56 Å². The van der Waals surface area contributed by atoms with Gasteiger partial charge in [0.25, 0.3) is 0 Å². The van der Waals surface area contributed by atoms with Crippen LogP contribution in [0.3, 0.4) is 0 Å². The fourth-order valence-corrected chi connectivity index (χ4v) is 1.56. The van der Waals surface area contributed by atoms with E-state index in [9.17, 15) is 9.59 Å². The minimum Gasteiger partial charge on any atom is -0.464 e. The lowest BCUT2D eigenvalue weighted by Gasteiger charge is -2.17. The summed E-state index contributed by atoms with van der Waals surface area (Å²) >= 11 is 0. The number of carbonyl (C=O) groups is 2. The summed E-state index contributed by atoms with van der Waals surface area (Å²) in [6, 6.07) is 7.77. The predicted molar refractivity (Wildman–Crippen MR) is 72.0 cm³/mol. The van der Waals surface area contributed by atoms with Crippen LogP contribution in [0.25, 0.3) is 0 Å². The fourth-order valence-electron chi connectivity index (χ4n) is 1.56.